The summed E-state index contributed by atoms with van der Waals surface area (Å²) in [6, 6.07) is 10.1. The van der Waals surface area contributed by atoms with Crippen molar-refractivity contribution in [2.24, 2.45) is 0 Å². The molecule has 2 aromatic rings. The van der Waals surface area contributed by atoms with Crippen molar-refractivity contribution in [3.63, 3.8) is 0 Å². The van der Waals surface area contributed by atoms with Gasteiger partial charge in [0.1, 0.15) is 5.75 Å². The van der Waals surface area contributed by atoms with Gasteiger partial charge in [-0.3, -0.25) is 14.5 Å². The van der Waals surface area contributed by atoms with Crippen LogP contribution in [0.1, 0.15) is 47.1 Å². The monoisotopic (exact) mass is 435 g/mol. The number of nitrogens with zero attached hydrogens (tertiary/aromatic N) is 2. The molecule has 0 aromatic heterocycles. The van der Waals surface area contributed by atoms with Crippen LogP contribution >= 0.6 is 0 Å². The van der Waals surface area contributed by atoms with Crippen LogP contribution in [0.2, 0.25) is 0 Å². The zero-order chi connectivity index (χ0) is 23.2. The van der Waals surface area contributed by atoms with Crippen LogP contribution in [0.5, 0.6) is 5.75 Å². The Hall–Kier alpha value is -2.86. The van der Waals surface area contributed by atoms with E-state index in [1.165, 1.54) is 0 Å². The number of anilines is 1. The number of fused-ring (bicyclic) bond motifs is 1. The van der Waals surface area contributed by atoms with Crippen molar-refractivity contribution in [2.45, 2.75) is 51.6 Å². The van der Waals surface area contributed by atoms with Gasteiger partial charge in [0.2, 0.25) is 5.91 Å². The molecule has 1 N–H and O–H groups in total. The number of rotatable bonds is 5. The second-order valence-electron chi connectivity index (χ2n) is 9.28. The van der Waals surface area contributed by atoms with Gasteiger partial charge < -0.3 is 15.0 Å². The molecule has 2 aliphatic rings. The maximum atomic E-state index is 14.0. The van der Waals surface area contributed by atoms with Gasteiger partial charge in [-0.1, -0.05) is 18.2 Å². The van der Waals surface area contributed by atoms with E-state index in [4.69, 9.17) is 4.74 Å². The smallest absolute Gasteiger partial charge is 0.254 e. The molecule has 2 amide bonds. The van der Waals surface area contributed by atoms with Gasteiger partial charge in [-0.15, -0.1) is 0 Å². The summed E-state index contributed by atoms with van der Waals surface area (Å²) in [5.41, 5.74) is 4.88. The number of hydrogen-bond donors (Lipinski definition) is 1. The van der Waals surface area contributed by atoms with E-state index < -0.39 is 5.54 Å². The van der Waals surface area contributed by atoms with E-state index in [0.717, 1.165) is 52.9 Å². The van der Waals surface area contributed by atoms with Crippen LogP contribution in [0.15, 0.2) is 30.3 Å². The summed E-state index contributed by atoms with van der Waals surface area (Å²) in [6.45, 7) is 6.91. The number of ether oxygens (including phenoxy) is 1. The van der Waals surface area contributed by atoms with Gasteiger partial charge in [0, 0.05) is 49.9 Å². The number of aryl methyl sites for hydroxylation is 3. The summed E-state index contributed by atoms with van der Waals surface area (Å²) in [7, 11) is 5.22. The molecular formula is C26H33N3O3. The van der Waals surface area contributed by atoms with Gasteiger partial charge in [0.25, 0.3) is 5.91 Å². The average Bonchev–Trinajstić information content (AvgIpc) is 3.30. The lowest BCUT2D eigenvalue weighted by atomic mass is 9.78. The lowest BCUT2D eigenvalue weighted by molar-refractivity contribution is -0.132. The SMILES string of the molecule is COc1cccc(C)c1C1(N2CCC[C@H]2CC(=O)N(C)C)C(=O)Nc2cc(C)c(C)cc21. The molecule has 2 heterocycles. The van der Waals surface area contributed by atoms with Gasteiger partial charge in [-0.2, -0.15) is 0 Å². The Labute approximate surface area is 190 Å². The highest BCUT2D eigenvalue weighted by Gasteiger charge is 2.57. The predicted molar refractivity (Wildman–Crippen MR) is 126 cm³/mol. The molecule has 0 bridgehead atoms. The fourth-order valence-electron chi connectivity index (χ4n) is 5.38. The molecule has 2 aliphatic heterocycles. The molecule has 0 aliphatic carbocycles. The first-order valence-corrected chi connectivity index (χ1v) is 11.3. The zero-order valence-electron chi connectivity index (χ0n) is 19.9. The number of likely N-dealkylation sites (tertiary alicyclic amines) is 1. The molecule has 0 spiro atoms. The summed E-state index contributed by atoms with van der Waals surface area (Å²) in [5.74, 6) is 0.692. The summed E-state index contributed by atoms with van der Waals surface area (Å²) in [4.78, 5) is 30.6. The third kappa shape index (κ3) is 3.28. The van der Waals surface area contributed by atoms with Gasteiger partial charge in [-0.05, 0) is 62.4 Å². The highest BCUT2D eigenvalue weighted by Crippen LogP contribution is 2.52. The molecule has 0 radical (unpaired) electrons. The van der Waals surface area contributed by atoms with E-state index in [-0.39, 0.29) is 17.9 Å². The van der Waals surface area contributed by atoms with Crippen molar-refractivity contribution in [3.05, 3.63) is 58.1 Å². The third-order valence-electron chi connectivity index (χ3n) is 7.13. The Morgan fingerprint density at radius 3 is 2.59 bits per heavy atom. The molecule has 2 aromatic carbocycles. The first-order chi connectivity index (χ1) is 15.2. The normalized spacial score (nSPS) is 22.6. The van der Waals surface area contributed by atoms with Gasteiger partial charge >= 0.3 is 0 Å². The van der Waals surface area contributed by atoms with Gasteiger partial charge in [0.15, 0.2) is 5.54 Å². The molecule has 1 unspecified atom stereocenters. The summed E-state index contributed by atoms with van der Waals surface area (Å²) in [6.07, 6.45) is 2.20. The predicted octanol–water partition coefficient (Wildman–Crippen LogP) is 3.76. The largest absolute Gasteiger partial charge is 0.496 e. The Kier molecular flexibility index (Phi) is 5.76. The van der Waals surface area contributed by atoms with Crippen LogP contribution in [0, 0.1) is 20.8 Å². The van der Waals surface area contributed by atoms with E-state index in [0.29, 0.717) is 12.2 Å². The molecule has 4 rings (SSSR count). The zero-order valence-corrected chi connectivity index (χ0v) is 19.9. The number of carbonyl (C=O) groups is 2. The van der Waals surface area contributed by atoms with Crippen molar-refractivity contribution in [3.8, 4) is 5.75 Å². The molecule has 6 heteroatoms. The topological polar surface area (TPSA) is 61.9 Å². The van der Waals surface area contributed by atoms with E-state index in [1.807, 2.05) is 25.1 Å². The van der Waals surface area contributed by atoms with Crippen LogP contribution in [0.3, 0.4) is 0 Å². The Morgan fingerprint density at radius 1 is 1.19 bits per heavy atom. The molecule has 1 fully saturated rings. The fourth-order valence-corrected chi connectivity index (χ4v) is 5.38. The summed E-state index contributed by atoms with van der Waals surface area (Å²) in [5, 5.41) is 3.18. The van der Waals surface area contributed by atoms with Crippen LogP contribution in [0.4, 0.5) is 5.69 Å². The van der Waals surface area contributed by atoms with Crippen LogP contribution < -0.4 is 10.1 Å². The minimum Gasteiger partial charge on any atom is -0.496 e. The number of benzene rings is 2. The first kappa shape index (κ1) is 22.3. The number of hydrogen-bond acceptors (Lipinski definition) is 4. The second-order valence-corrected chi connectivity index (χ2v) is 9.28. The maximum Gasteiger partial charge on any atom is 0.254 e. The van der Waals surface area contributed by atoms with E-state index in [9.17, 15) is 9.59 Å². The summed E-state index contributed by atoms with van der Waals surface area (Å²) < 4.78 is 5.81. The van der Waals surface area contributed by atoms with E-state index in [2.05, 4.69) is 36.2 Å². The summed E-state index contributed by atoms with van der Waals surface area (Å²) >= 11 is 0. The first-order valence-electron chi connectivity index (χ1n) is 11.3. The minimum atomic E-state index is -1.04. The third-order valence-corrected chi connectivity index (χ3v) is 7.13. The van der Waals surface area contributed by atoms with Crippen LogP contribution in [-0.4, -0.2) is 55.4 Å². The van der Waals surface area contributed by atoms with Gasteiger partial charge in [-0.25, -0.2) is 0 Å². The van der Waals surface area contributed by atoms with Crippen molar-refractivity contribution >= 4 is 17.5 Å². The van der Waals surface area contributed by atoms with Crippen molar-refractivity contribution in [2.75, 3.05) is 33.1 Å². The lowest BCUT2D eigenvalue weighted by Gasteiger charge is -2.42. The van der Waals surface area contributed by atoms with Crippen molar-refractivity contribution in [1.82, 2.24) is 9.80 Å². The highest BCUT2D eigenvalue weighted by molar-refractivity contribution is 6.09. The van der Waals surface area contributed by atoms with Crippen LogP contribution in [-0.2, 0) is 15.1 Å². The molecule has 6 nitrogen and oxygen atoms in total. The lowest BCUT2D eigenvalue weighted by Crippen LogP contribution is -2.55. The number of amides is 2. The molecule has 1 saturated heterocycles. The van der Waals surface area contributed by atoms with E-state index >= 15 is 0 Å². The quantitative estimate of drug-likeness (QED) is 0.777. The average molecular weight is 436 g/mol. The molecule has 170 valence electrons. The van der Waals surface area contributed by atoms with Crippen molar-refractivity contribution in [1.29, 1.82) is 0 Å². The number of methoxy groups -OCH3 is 1. The Balaban J connectivity index is 2.00. The minimum absolute atomic E-state index is 0.0347. The van der Waals surface area contributed by atoms with Crippen molar-refractivity contribution < 1.29 is 14.3 Å². The van der Waals surface area contributed by atoms with E-state index in [1.54, 1.807) is 26.1 Å². The molecule has 2 atom stereocenters. The molecule has 32 heavy (non-hydrogen) atoms. The fraction of sp³-hybridized carbons (Fsp3) is 0.462. The maximum absolute atomic E-state index is 14.0. The standard InChI is InChI=1S/C26H33N3O3/c1-16-9-7-11-22(32-6)24(16)26(29-12-8-10-19(29)15-23(30)28(4)5)20-13-17(2)18(3)14-21(20)27-25(26)31/h7,9,11,13-14,19H,8,10,12,15H2,1-6H3,(H,27,31)/t19-,26?/m0/s1. The number of carbonyl (C=O) groups excluding carboxylic acids is 2. The molecule has 0 saturated carbocycles. The van der Waals surface area contributed by atoms with Crippen LogP contribution in [0.25, 0.3) is 0 Å². The molecular weight excluding hydrogens is 402 g/mol. The highest BCUT2D eigenvalue weighted by atomic mass is 16.5. The number of nitrogens with one attached hydrogen (secondary N) is 1. The Bertz CT molecular complexity index is 1080. The van der Waals surface area contributed by atoms with Gasteiger partial charge in [0.05, 0.1) is 7.11 Å². The Morgan fingerprint density at radius 2 is 1.91 bits per heavy atom. The second kappa shape index (κ2) is 8.24.